The summed E-state index contributed by atoms with van der Waals surface area (Å²) < 4.78 is 4.78. The number of nitrogens with zero attached hydrogens (tertiary/aromatic N) is 1. The third-order valence-electron chi connectivity index (χ3n) is 3.31. The Bertz CT molecular complexity index is 380. The average Bonchev–Trinajstić information content (AvgIpc) is 2.92. The van der Waals surface area contributed by atoms with E-state index in [0.717, 1.165) is 25.9 Å². The molecule has 0 aliphatic carbocycles. The maximum Gasteiger partial charge on any atom is 0.409 e. The Balaban J connectivity index is 1.88. The second-order valence-electron chi connectivity index (χ2n) is 4.66. The van der Waals surface area contributed by atoms with Crippen molar-refractivity contribution < 1.29 is 9.53 Å². The number of nitrogens with one attached hydrogen (secondary N) is 1. The van der Waals surface area contributed by atoms with E-state index in [1.165, 1.54) is 12.0 Å². The van der Waals surface area contributed by atoms with Gasteiger partial charge in [0, 0.05) is 30.1 Å². The summed E-state index contributed by atoms with van der Waals surface area (Å²) in [6.45, 7) is 3.71. The molecule has 1 aliphatic heterocycles. The van der Waals surface area contributed by atoms with Crippen LogP contribution in [0.15, 0.2) is 17.5 Å². The molecule has 1 fully saturated rings. The second kappa shape index (κ2) is 6.20. The van der Waals surface area contributed by atoms with E-state index in [1.807, 2.05) is 0 Å². The third-order valence-corrected chi connectivity index (χ3v) is 4.36. The standard InChI is InChI=1S/C13H20N2O2S/c1-10(12-6-4-8-18-12)14-11-5-3-7-15(9-11)13(16)17-2/h4,6,8,10-11,14H,3,5,7,9H2,1-2H3/t10-,11+/m1/s1. The molecule has 100 valence electrons. The average molecular weight is 268 g/mol. The van der Waals surface area contributed by atoms with Gasteiger partial charge in [-0.05, 0) is 31.2 Å². The zero-order chi connectivity index (χ0) is 13.0. The zero-order valence-electron chi connectivity index (χ0n) is 10.9. The van der Waals surface area contributed by atoms with Crippen molar-refractivity contribution in [3.63, 3.8) is 0 Å². The molecule has 5 heteroatoms. The topological polar surface area (TPSA) is 41.6 Å². The van der Waals surface area contributed by atoms with Gasteiger partial charge in [0.2, 0.25) is 0 Å². The molecule has 1 aliphatic rings. The molecule has 1 aromatic rings. The molecule has 0 unspecified atom stereocenters. The summed E-state index contributed by atoms with van der Waals surface area (Å²) in [5.74, 6) is 0. The molecule has 2 rings (SSSR count). The Morgan fingerprint density at radius 1 is 1.67 bits per heavy atom. The van der Waals surface area contributed by atoms with Crippen molar-refractivity contribution in [2.75, 3.05) is 20.2 Å². The zero-order valence-corrected chi connectivity index (χ0v) is 11.7. The van der Waals surface area contributed by atoms with E-state index in [-0.39, 0.29) is 6.09 Å². The molecule has 18 heavy (non-hydrogen) atoms. The van der Waals surface area contributed by atoms with Crippen molar-refractivity contribution in [1.29, 1.82) is 0 Å². The van der Waals surface area contributed by atoms with Crippen molar-refractivity contribution in [3.8, 4) is 0 Å². The van der Waals surface area contributed by atoms with E-state index in [1.54, 1.807) is 16.2 Å². The number of carbonyl (C=O) groups is 1. The highest BCUT2D eigenvalue weighted by molar-refractivity contribution is 7.10. The molecular weight excluding hydrogens is 248 g/mol. The van der Waals surface area contributed by atoms with Gasteiger partial charge in [-0.1, -0.05) is 6.07 Å². The number of methoxy groups -OCH3 is 1. The Kier molecular flexibility index (Phi) is 4.60. The van der Waals surface area contributed by atoms with E-state index < -0.39 is 0 Å². The van der Waals surface area contributed by atoms with Crippen LogP contribution in [0.1, 0.15) is 30.7 Å². The first-order valence-corrected chi connectivity index (χ1v) is 7.21. The summed E-state index contributed by atoms with van der Waals surface area (Å²) >= 11 is 1.76. The maximum absolute atomic E-state index is 11.5. The van der Waals surface area contributed by atoms with Gasteiger partial charge in [-0.2, -0.15) is 0 Å². The van der Waals surface area contributed by atoms with Crippen LogP contribution >= 0.6 is 11.3 Å². The van der Waals surface area contributed by atoms with Gasteiger partial charge in [-0.25, -0.2) is 4.79 Å². The van der Waals surface area contributed by atoms with Gasteiger partial charge < -0.3 is 15.0 Å². The van der Waals surface area contributed by atoms with Gasteiger partial charge in [-0.3, -0.25) is 0 Å². The van der Waals surface area contributed by atoms with Gasteiger partial charge in [0.1, 0.15) is 0 Å². The Hall–Kier alpha value is -1.07. The van der Waals surface area contributed by atoms with Crippen molar-refractivity contribution in [2.45, 2.75) is 31.8 Å². The molecule has 2 heterocycles. The lowest BCUT2D eigenvalue weighted by atomic mass is 10.0. The minimum absolute atomic E-state index is 0.217. The molecule has 4 nitrogen and oxygen atoms in total. The summed E-state index contributed by atoms with van der Waals surface area (Å²) in [7, 11) is 1.44. The van der Waals surface area contributed by atoms with E-state index in [2.05, 4.69) is 29.8 Å². The highest BCUT2D eigenvalue weighted by atomic mass is 32.1. The van der Waals surface area contributed by atoms with Crippen LogP contribution in [-0.2, 0) is 4.74 Å². The number of carbonyl (C=O) groups excluding carboxylic acids is 1. The summed E-state index contributed by atoms with van der Waals surface area (Å²) in [5.41, 5.74) is 0. The van der Waals surface area contributed by atoms with Crippen LogP contribution in [0.5, 0.6) is 0 Å². The molecular formula is C13H20N2O2S. The van der Waals surface area contributed by atoms with Crippen LogP contribution in [-0.4, -0.2) is 37.2 Å². The van der Waals surface area contributed by atoms with Crippen molar-refractivity contribution in [1.82, 2.24) is 10.2 Å². The first kappa shape index (κ1) is 13.4. The largest absolute Gasteiger partial charge is 0.453 e. The molecule has 1 N–H and O–H groups in total. The summed E-state index contributed by atoms with van der Waals surface area (Å²) in [4.78, 5) is 14.6. The summed E-state index contributed by atoms with van der Waals surface area (Å²) in [6, 6.07) is 4.91. The Morgan fingerprint density at radius 2 is 2.50 bits per heavy atom. The predicted octanol–water partition coefficient (Wildman–Crippen LogP) is 2.63. The smallest absolute Gasteiger partial charge is 0.409 e. The first-order chi connectivity index (χ1) is 8.70. The lowest BCUT2D eigenvalue weighted by Gasteiger charge is -2.33. The lowest BCUT2D eigenvalue weighted by molar-refractivity contribution is 0.106. The van der Waals surface area contributed by atoms with E-state index >= 15 is 0 Å². The normalized spacial score (nSPS) is 21.7. The lowest BCUT2D eigenvalue weighted by Crippen LogP contribution is -2.48. The summed E-state index contributed by atoms with van der Waals surface area (Å²) in [5, 5.41) is 5.68. The van der Waals surface area contributed by atoms with Crippen LogP contribution < -0.4 is 5.32 Å². The van der Waals surface area contributed by atoms with Gasteiger partial charge in [-0.15, -0.1) is 11.3 Å². The quantitative estimate of drug-likeness (QED) is 0.916. The number of likely N-dealkylation sites (tertiary alicyclic amines) is 1. The van der Waals surface area contributed by atoms with Crippen LogP contribution in [0.2, 0.25) is 0 Å². The number of amides is 1. The van der Waals surface area contributed by atoms with Crippen molar-refractivity contribution in [3.05, 3.63) is 22.4 Å². The summed E-state index contributed by atoms with van der Waals surface area (Å²) in [6.07, 6.45) is 1.93. The van der Waals surface area contributed by atoms with Crippen LogP contribution in [0.4, 0.5) is 4.79 Å². The number of thiophene rings is 1. The number of ether oxygens (including phenoxy) is 1. The fourth-order valence-electron chi connectivity index (χ4n) is 2.38. The van der Waals surface area contributed by atoms with Gasteiger partial charge >= 0.3 is 6.09 Å². The molecule has 2 atom stereocenters. The van der Waals surface area contributed by atoms with Crippen LogP contribution in [0.25, 0.3) is 0 Å². The highest BCUT2D eigenvalue weighted by Gasteiger charge is 2.25. The second-order valence-corrected chi connectivity index (χ2v) is 5.64. The molecule has 1 aromatic heterocycles. The molecule has 1 saturated heterocycles. The van der Waals surface area contributed by atoms with E-state index in [9.17, 15) is 4.79 Å². The fraction of sp³-hybridized carbons (Fsp3) is 0.615. The van der Waals surface area contributed by atoms with Crippen molar-refractivity contribution in [2.24, 2.45) is 0 Å². The monoisotopic (exact) mass is 268 g/mol. The molecule has 1 amide bonds. The van der Waals surface area contributed by atoms with Crippen LogP contribution in [0, 0.1) is 0 Å². The first-order valence-electron chi connectivity index (χ1n) is 6.33. The van der Waals surface area contributed by atoms with E-state index in [4.69, 9.17) is 4.74 Å². The fourth-order valence-corrected chi connectivity index (χ4v) is 3.13. The molecule has 0 saturated carbocycles. The number of piperidine rings is 1. The van der Waals surface area contributed by atoms with Gasteiger partial charge in [0.15, 0.2) is 0 Å². The Labute approximate surface area is 112 Å². The molecule has 0 spiro atoms. The minimum Gasteiger partial charge on any atom is -0.453 e. The van der Waals surface area contributed by atoms with Crippen molar-refractivity contribution >= 4 is 17.4 Å². The Morgan fingerprint density at radius 3 is 3.17 bits per heavy atom. The third kappa shape index (κ3) is 3.23. The minimum atomic E-state index is -0.217. The van der Waals surface area contributed by atoms with Gasteiger partial charge in [0.05, 0.1) is 7.11 Å². The van der Waals surface area contributed by atoms with E-state index in [0.29, 0.717) is 12.1 Å². The van der Waals surface area contributed by atoms with Gasteiger partial charge in [0.25, 0.3) is 0 Å². The number of hydrogen-bond donors (Lipinski definition) is 1. The van der Waals surface area contributed by atoms with Crippen LogP contribution in [0.3, 0.4) is 0 Å². The maximum atomic E-state index is 11.5. The SMILES string of the molecule is COC(=O)N1CCC[C@H](N[C@H](C)c2cccs2)C1. The highest BCUT2D eigenvalue weighted by Crippen LogP contribution is 2.21. The number of hydrogen-bond acceptors (Lipinski definition) is 4. The molecule has 0 radical (unpaired) electrons. The number of rotatable bonds is 3. The predicted molar refractivity (Wildman–Crippen MR) is 72.9 cm³/mol. The molecule has 0 bridgehead atoms. The molecule has 0 aromatic carbocycles.